The molecule has 0 amide bonds. The van der Waals surface area contributed by atoms with Gasteiger partial charge in [-0.25, -0.2) is 9.59 Å². The lowest BCUT2D eigenvalue weighted by molar-refractivity contribution is -0.139. The number of imidazole rings is 1. The van der Waals surface area contributed by atoms with Gasteiger partial charge in [0, 0.05) is 25.6 Å². The van der Waals surface area contributed by atoms with Crippen molar-refractivity contribution in [2.75, 3.05) is 13.1 Å². The van der Waals surface area contributed by atoms with Crippen LogP contribution in [0.2, 0.25) is 0 Å². The van der Waals surface area contributed by atoms with Gasteiger partial charge in [0.15, 0.2) is 5.11 Å². The van der Waals surface area contributed by atoms with Gasteiger partial charge in [0.1, 0.15) is 6.04 Å². The standard InChI is InChI=1S/C22H24N4O3S/c27-20(28)18(14-15-6-2-1-3-7-15)24-22(30)25-12-10-16(11-13-25)26-19-9-5-4-8-17(19)23-21(26)29/h1-9,16,18H,10-14H2,(H,23,29)(H,24,30)(H,27,28)/t18-/m0/s1. The lowest BCUT2D eigenvalue weighted by Gasteiger charge is -2.35. The average molecular weight is 425 g/mol. The molecule has 30 heavy (non-hydrogen) atoms. The molecular formula is C22H24N4O3S. The number of aliphatic carboxylic acids is 1. The highest BCUT2D eigenvalue weighted by Crippen LogP contribution is 2.25. The van der Waals surface area contributed by atoms with Gasteiger partial charge < -0.3 is 20.3 Å². The maximum Gasteiger partial charge on any atom is 0.326 e. The molecule has 3 aromatic rings. The van der Waals surface area contributed by atoms with Crippen LogP contribution in [0.1, 0.15) is 24.4 Å². The van der Waals surface area contributed by atoms with Crippen molar-refractivity contribution >= 4 is 34.3 Å². The fourth-order valence-electron chi connectivity index (χ4n) is 4.05. The highest BCUT2D eigenvalue weighted by Gasteiger charge is 2.27. The third kappa shape index (κ3) is 4.23. The van der Waals surface area contributed by atoms with E-state index < -0.39 is 12.0 Å². The number of nitrogens with zero attached hydrogens (tertiary/aromatic N) is 2. The van der Waals surface area contributed by atoms with E-state index in [4.69, 9.17) is 12.2 Å². The van der Waals surface area contributed by atoms with Crippen LogP contribution in [0, 0.1) is 0 Å². The number of aromatic amines is 1. The molecule has 1 saturated heterocycles. The molecule has 7 nitrogen and oxygen atoms in total. The van der Waals surface area contributed by atoms with Crippen LogP contribution < -0.4 is 11.0 Å². The first-order valence-electron chi connectivity index (χ1n) is 10.0. The van der Waals surface area contributed by atoms with E-state index >= 15 is 0 Å². The largest absolute Gasteiger partial charge is 0.480 e. The third-order valence-electron chi connectivity index (χ3n) is 5.62. The lowest BCUT2D eigenvalue weighted by atomic mass is 10.0. The number of para-hydroxylation sites is 2. The van der Waals surface area contributed by atoms with Gasteiger partial charge in [0.25, 0.3) is 0 Å². The van der Waals surface area contributed by atoms with E-state index in [0.717, 1.165) is 29.4 Å². The monoisotopic (exact) mass is 424 g/mol. The second-order valence-electron chi connectivity index (χ2n) is 7.57. The number of benzene rings is 2. The van der Waals surface area contributed by atoms with Crippen molar-refractivity contribution in [1.82, 2.24) is 19.8 Å². The molecule has 3 N–H and O–H groups in total. The third-order valence-corrected chi connectivity index (χ3v) is 6.00. The predicted octanol–water partition coefficient (Wildman–Crippen LogP) is 2.54. The van der Waals surface area contributed by atoms with Gasteiger partial charge >= 0.3 is 11.7 Å². The number of aromatic nitrogens is 2. The first kappa shape index (κ1) is 20.2. The molecule has 8 heteroatoms. The number of carboxylic acids is 1. The molecule has 2 aromatic carbocycles. The number of hydrogen-bond donors (Lipinski definition) is 3. The zero-order valence-electron chi connectivity index (χ0n) is 16.5. The molecule has 156 valence electrons. The minimum atomic E-state index is -0.929. The van der Waals surface area contributed by atoms with Crippen LogP contribution in [-0.4, -0.2) is 49.8 Å². The summed E-state index contributed by atoms with van der Waals surface area (Å²) in [6.07, 6.45) is 1.89. The summed E-state index contributed by atoms with van der Waals surface area (Å²) in [5.74, 6) is -0.929. The van der Waals surface area contributed by atoms with Crippen molar-refractivity contribution < 1.29 is 9.90 Å². The summed E-state index contributed by atoms with van der Waals surface area (Å²) in [7, 11) is 0. The molecule has 0 radical (unpaired) electrons. The van der Waals surface area contributed by atoms with E-state index in [1.807, 2.05) is 64.1 Å². The Morgan fingerprint density at radius 2 is 1.80 bits per heavy atom. The molecule has 1 aliphatic heterocycles. The van der Waals surface area contributed by atoms with Gasteiger partial charge in [-0.15, -0.1) is 0 Å². The van der Waals surface area contributed by atoms with Crippen molar-refractivity contribution in [2.45, 2.75) is 31.3 Å². The smallest absolute Gasteiger partial charge is 0.326 e. The number of carboxylic acid groups (broad SMARTS) is 1. The number of fused-ring (bicyclic) bond motifs is 1. The van der Waals surface area contributed by atoms with Crippen molar-refractivity contribution in [3.8, 4) is 0 Å². The summed E-state index contributed by atoms with van der Waals surface area (Å²) in [5.41, 5.74) is 2.60. The van der Waals surface area contributed by atoms with E-state index in [9.17, 15) is 14.7 Å². The summed E-state index contributed by atoms with van der Waals surface area (Å²) >= 11 is 5.50. The second-order valence-corrected chi connectivity index (χ2v) is 7.95. The zero-order valence-corrected chi connectivity index (χ0v) is 17.3. The Morgan fingerprint density at radius 1 is 1.13 bits per heavy atom. The molecule has 1 atom stereocenters. The predicted molar refractivity (Wildman–Crippen MR) is 120 cm³/mol. The van der Waals surface area contributed by atoms with Crippen LogP contribution in [-0.2, 0) is 11.2 Å². The van der Waals surface area contributed by atoms with Crippen LogP contribution in [0.25, 0.3) is 11.0 Å². The number of likely N-dealkylation sites (tertiary alicyclic amines) is 1. The number of hydrogen-bond acceptors (Lipinski definition) is 3. The van der Waals surface area contributed by atoms with Crippen LogP contribution in [0.5, 0.6) is 0 Å². The fourth-order valence-corrected chi connectivity index (χ4v) is 4.38. The Morgan fingerprint density at radius 3 is 2.50 bits per heavy atom. The molecule has 1 fully saturated rings. The van der Waals surface area contributed by atoms with E-state index in [0.29, 0.717) is 24.6 Å². The Kier molecular flexibility index (Phi) is 5.85. The van der Waals surface area contributed by atoms with Gasteiger partial charge in [-0.05, 0) is 42.8 Å². The van der Waals surface area contributed by atoms with Gasteiger partial charge in [0.05, 0.1) is 11.0 Å². The Hall–Kier alpha value is -3.13. The Labute approximate surface area is 179 Å². The summed E-state index contributed by atoms with van der Waals surface area (Å²) in [5, 5.41) is 13.1. The number of piperidine rings is 1. The molecule has 0 unspecified atom stereocenters. The Bertz CT molecular complexity index is 1100. The molecule has 0 saturated carbocycles. The molecule has 0 aliphatic carbocycles. The number of carbonyl (C=O) groups is 1. The number of H-pyrrole nitrogens is 1. The van der Waals surface area contributed by atoms with E-state index in [1.165, 1.54) is 0 Å². The summed E-state index contributed by atoms with van der Waals surface area (Å²) < 4.78 is 1.83. The van der Waals surface area contributed by atoms with Crippen LogP contribution in [0.15, 0.2) is 59.4 Å². The first-order chi connectivity index (χ1) is 14.5. The number of thiocarbonyl (C=S) groups is 1. The minimum Gasteiger partial charge on any atom is -0.480 e. The summed E-state index contributed by atoms with van der Waals surface area (Å²) in [6.45, 7) is 1.33. The minimum absolute atomic E-state index is 0.0901. The molecule has 2 heterocycles. The molecule has 1 aliphatic rings. The van der Waals surface area contributed by atoms with Gasteiger partial charge in [-0.1, -0.05) is 42.5 Å². The van der Waals surface area contributed by atoms with Crippen LogP contribution in [0.4, 0.5) is 0 Å². The van der Waals surface area contributed by atoms with Crippen LogP contribution >= 0.6 is 12.2 Å². The molecule has 0 spiro atoms. The lowest BCUT2D eigenvalue weighted by Crippen LogP contribution is -2.51. The van der Waals surface area contributed by atoms with Crippen molar-refractivity contribution in [3.63, 3.8) is 0 Å². The van der Waals surface area contributed by atoms with E-state index in [-0.39, 0.29) is 11.7 Å². The maximum absolute atomic E-state index is 12.4. The number of nitrogens with one attached hydrogen (secondary N) is 2. The molecule has 4 rings (SSSR count). The number of rotatable bonds is 5. The summed E-state index contributed by atoms with van der Waals surface area (Å²) in [4.78, 5) is 29.1. The van der Waals surface area contributed by atoms with Gasteiger partial charge in [-0.3, -0.25) is 4.57 Å². The SMILES string of the molecule is O=C(O)[C@H](Cc1ccccc1)NC(=S)N1CCC(n2c(=O)[nH]c3ccccc32)CC1. The highest BCUT2D eigenvalue weighted by atomic mass is 32.1. The van der Waals surface area contributed by atoms with Gasteiger partial charge in [-0.2, -0.15) is 0 Å². The van der Waals surface area contributed by atoms with E-state index in [1.54, 1.807) is 0 Å². The zero-order chi connectivity index (χ0) is 21.1. The van der Waals surface area contributed by atoms with E-state index in [2.05, 4.69) is 10.3 Å². The Balaban J connectivity index is 1.39. The van der Waals surface area contributed by atoms with Gasteiger partial charge in [0.2, 0.25) is 0 Å². The summed E-state index contributed by atoms with van der Waals surface area (Å²) in [6, 6.07) is 16.5. The quantitative estimate of drug-likeness (QED) is 0.546. The second kappa shape index (κ2) is 8.71. The van der Waals surface area contributed by atoms with Crippen molar-refractivity contribution in [1.29, 1.82) is 0 Å². The maximum atomic E-state index is 12.4. The van der Waals surface area contributed by atoms with Crippen LogP contribution in [0.3, 0.4) is 0 Å². The van der Waals surface area contributed by atoms with Crippen molar-refractivity contribution in [3.05, 3.63) is 70.6 Å². The normalized spacial score (nSPS) is 15.8. The molecule has 0 bridgehead atoms. The fraction of sp³-hybridized carbons (Fsp3) is 0.318. The highest BCUT2D eigenvalue weighted by molar-refractivity contribution is 7.80. The first-order valence-corrected chi connectivity index (χ1v) is 10.4. The molecular weight excluding hydrogens is 400 g/mol. The molecule has 1 aromatic heterocycles. The topological polar surface area (TPSA) is 90.4 Å². The average Bonchev–Trinajstić information content (AvgIpc) is 3.09. The van der Waals surface area contributed by atoms with Crippen molar-refractivity contribution in [2.24, 2.45) is 0 Å².